The van der Waals surface area contributed by atoms with Crippen LogP contribution in [-0.2, 0) is 13.6 Å². The first kappa shape index (κ1) is 9.45. The largest absolute Gasteiger partial charge is 0.364 e. The highest BCUT2D eigenvalue weighted by atomic mass is 16.5. The average molecular weight is 207 g/mol. The van der Waals surface area contributed by atoms with Crippen molar-refractivity contribution in [1.29, 1.82) is 0 Å². The van der Waals surface area contributed by atoms with Gasteiger partial charge >= 0.3 is 5.69 Å². The van der Waals surface area contributed by atoms with Gasteiger partial charge in [-0.25, -0.2) is 4.79 Å². The van der Waals surface area contributed by atoms with Crippen LogP contribution in [0, 0.1) is 0 Å². The van der Waals surface area contributed by atoms with E-state index in [-0.39, 0.29) is 17.8 Å². The van der Waals surface area contributed by atoms with Gasteiger partial charge in [-0.2, -0.15) is 0 Å². The van der Waals surface area contributed by atoms with E-state index in [0.717, 1.165) is 4.57 Å². The molecule has 0 aliphatic heterocycles. The van der Waals surface area contributed by atoms with Gasteiger partial charge < -0.3 is 9.09 Å². The molecule has 0 saturated carbocycles. The molecule has 15 heavy (non-hydrogen) atoms. The van der Waals surface area contributed by atoms with Crippen molar-refractivity contribution in [1.82, 2.24) is 14.3 Å². The van der Waals surface area contributed by atoms with Gasteiger partial charge in [-0.3, -0.25) is 9.36 Å². The summed E-state index contributed by atoms with van der Waals surface area (Å²) < 4.78 is 7.08. The number of aromatic nitrogens is 3. The lowest BCUT2D eigenvalue weighted by atomic mass is 10.3. The quantitative estimate of drug-likeness (QED) is 0.670. The molecule has 0 atom stereocenters. The molecule has 0 saturated heterocycles. The third-order valence-corrected chi connectivity index (χ3v) is 2.06. The highest BCUT2D eigenvalue weighted by Gasteiger charge is 2.04. The SMILES string of the molecule is Cn1ccc(=O)n(Cc2cnoc2)c1=O. The van der Waals surface area contributed by atoms with Crippen LogP contribution in [0.2, 0.25) is 0 Å². The fraction of sp³-hybridized carbons (Fsp3) is 0.222. The summed E-state index contributed by atoms with van der Waals surface area (Å²) in [4.78, 5) is 23.0. The molecule has 0 fully saturated rings. The number of hydrogen-bond acceptors (Lipinski definition) is 4. The zero-order valence-electron chi connectivity index (χ0n) is 8.08. The summed E-state index contributed by atoms with van der Waals surface area (Å²) in [5.74, 6) is 0. The Morgan fingerprint density at radius 2 is 2.27 bits per heavy atom. The van der Waals surface area contributed by atoms with E-state index in [2.05, 4.69) is 9.68 Å². The van der Waals surface area contributed by atoms with E-state index in [0.29, 0.717) is 5.56 Å². The predicted octanol–water partition coefficient (Wildman–Crippen LogP) is -0.417. The minimum absolute atomic E-state index is 0.176. The van der Waals surface area contributed by atoms with Gasteiger partial charge in [0.1, 0.15) is 6.26 Å². The third-order valence-electron chi connectivity index (χ3n) is 2.06. The number of aryl methyl sites for hydroxylation is 1. The first-order valence-corrected chi connectivity index (χ1v) is 4.33. The second-order valence-corrected chi connectivity index (χ2v) is 3.17. The minimum atomic E-state index is -0.358. The first-order valence-electron chi connectivity index (χ1n) is 4.33. The van der Waals surface area contributed by atoms with E-state index >= 15 is 0 Å². The van der Waals surface area contributed by atoms with Gasteiger partial charge in [0.25, 0.3) is 5.56 Å². The Kier molecular flexibility index (Phi) is 2.24. The van der Waals surface area contributed by atoms with Crippen LogP contribution in [0.5, 0.6) is 0 Å². The van der Waals surface area contributed by atoms with Gasteiger partial charge in [-0.05, 0) is 0 Å². The molecule has 0 bridgehead atoms. The summed E-state index contributed by atoms with van der Waals surface area (Å²) in [6, 6.07) is 1.34. The lowest BCUT2D eigenvalue weighted by Gasteiger charge is -2.03. The zero-order valence-corrected chi connectivity index (χ0v) is 8.08. The van der Waals surface area contributed by atoms with Crippen molar-refractivity contribution in [3.63, 3.8) is 0 Å². The molecule has 0 amide bonds. The van der Waals surface area contributed by atoms with Gasteiger partial charge in [-0.15, -0.1) is 0 Å². The lowest BCUT2D eigenvalue weighted by molar-refractivity contribution is 0.418. The summed E-state index contributed by atoms with van der Waals surface area (Å²) in [5.41, 5.74) is -0.0107. The molecular formula is C9H9N3O3. The van der Waals surface area contributed by atoms with Crippen molar-refractivity contribution in [3.05, 3.63) is 51.1 Å². The summed E-state index contributed by atoms with van der Waals surface area (Å²) in [7, 11) is 1.59. The zero-order chi connectivity index (χ0) is 10.8. The maximum absolute atomic E-state index is 11.6. The fourth-order valence-corrected chi connectivity index (χ4v) is 1.25. The van der Waals surface area contributed by atoms with Crippen LogP contribution >= 0.6 is 0 Å². The van der Waals surface area contributed by atoms with Crippen LogP contribution in [0.3, 0.4) is 0 Å². The Morgan fingerprint density at radius 1 is 1.47 bits per heavy atom. The monoisotopic (exact) mass is 207 g/mol. The predicted molar refractivity (Wildman–Crippen MR) is 51.5 cm³/mol. The molecule has 0 N–H and O–H groups in total. The van der Waals surface area contributed by atoms with Crippen LogP contribution < -0.4 is 11.2 Å². The third kappa shape index (κ3) is 1.74. The Bertz CT molecular complexity index is 565. The van der Waals surface area contributed by atoms with Gasteiger partial charge in [-0.1, -0.05) is 5.16 Å². The van der Waals surface area contributed by atoms with E-state index < -0.39 is 0 Å². The van der Waals surface area contributed by atoms with Crippen molar-refractivity contribution < 1.29 is 4.52 Å². The first-order chi connectivity index (χ1) is 7.18. The Balaban J connectivity index is 2.49. The van der Waals surface area contributed by atoms with E-state index in [4.69, 9.17) is 0 Å². The highest BCUT2D eigenvalue weighted by Crippen LogP contribution is 1.96. The van der Waals surface area contributed by atoms with Gasteiger partial charge in [0.2, 0.25) is 0 Å². The second kappa shape index (κ2) is 3.56. The molecular weight excluding hydrogens is 198 g/mol. The van der Waals surface area contributed by atoms with E-state index in [1.54, 1.807) is 7.05 Å². The van der Waals surface area contributed by atoms with Crippen molar-refractivity contribution in [2.75, 3.05) is 0 Å². The average Bonchev–Trinajstić information content (AvgIpc) is 2.71. The molecule has 2 heterocycles. The summed E-state index contributed by atoms with van der Waals surface area (Å²) in [5, 5.41) is 3.50. The van der Waals surface area contributed by atoms with Crippen LogP contribution in [-0.4, -0.2) is 14.3 Å². The molecule has 2 aromatic rings. The van der Waals surface area contributed by atoms with Crippen LogP contribution in [0.1, 0.15) is 5.56 Å². The Hall–Kier alpha value is -2.11. The molecule has 0 aliphatic carbocycles. The molecule has 0 radical (unpaired) electrons. The molecule has 0 aliphatic rings. The lowest BCUT2D eigenvalue weighted by Crippen LogP contribution is -2.38. The summed E-state index contributed by atoms with van der Waals surface area (Å²) >= 11 is 0. The van der Waals surface area contributed by atoms with Crippen LogP contribution in [0.15, 0.2) is 38.8 Å². The smallest absolute Gasteiger partial charge is 0.331 e. The maximum atomic E-state index is 11.6. The highest BCUT2D eigenvalue weighted by molar-refractivity contribution is 5.01. The second-order valence-electron chi connectivity index (χ2n) is 3.17. The molecule has 2 rings (SSSR count). The molecule has 6 heteroatoms. The number of rotatable bonds is 2. The van der Waals surface area contributed by atoms with Crippen molar-refractivity contribution >= 4 is 0 Å². The van der Waals surface area contributed by atoms with Crippen molar-refractivity contribution in [2.45, 2.75) is 6.54 Å². The van der Waals surface area contributed by atoms with Crippen molar-refractivity contribution in [2.24, 2.45) is 7.05 Å². The topological polar surface area (TPSA) is 70.0 Å². The minimum Gasteiger partial charge on any atom is -0.364 e. The number of hydrogen-bond donors (Lipinski definition) is 0. The molecule has 0 spiro atoms. The van der Waals surface area contributed by atoms with Crippen molar-refractivity contribution in [3.8, 4) is 0 Å². The van der Waals surface area contributed by atoms with Crippen LogP contribution in [0.25, 0.3) is 0 Å². The normalized spacial score (nSPS) is 10.5. The van der Waals surface area contributed by atoms with Crippen LogP contribution in [0.4, 0.5) is 0 Å². The molecule has 2 aromatic heterocycles. The van der Waals surface area contributed by atoms with Gasteiger partial charge in [0.05, 0.1) is 12.7 Å². The van der Waals surface area contributed by atoms with E-state index in [9.17, 15) is 9.59 Å². The number of nitrogens with zero attached hydrogens (tertiary/aromatic N) is 3. The maximum Gasteiger partial charge on any atom is 0.331 e. The van der Waals surface area contributed by atoms with Gasteiger partial charge in [0.15, 0.2) is 0 Å². The summed E-state index contributed by atoms with van der Waals surface area (Å²) in [6.45, 7) is 0.176. The fourth-order valence-electron chi connectivity index (χ4n) is 1.25. The Morgan fingerprint density at radius 3 is 2.93 bits per heavy atom. The van der Waals surface area contributed by atoms with E-state index in [1.165, 1.54) is 29.3 Å². The van der Waals surface area contributed by atoms with Gasteiger partial charge in [0, 0.05) is 24.9 Å². The molecule has 78 valence electrons. The molecule has 0 unspecified atom stereocenters. The Labute approximate surface area is 84.4 Å². The molecule has 0 aromatic carbocycles. The van der Waals surface area contributed by atoms with E-state index in [1.807, 2.05) is 0 Å². The standard InChI is InChI=1S/C9H9N3O3/c1-11-3-2-8(13)12(9(11)14)5-7-4-10-15-6-7/h2-4,6H,5H2,1H3. The summed E-state index contributed by atoms with van der Waals surface area (Å²) in [6.07, 6.45) is 4.31. The molecule has 6 nitrogen and oxygen atoms in total.